The molecule has 2 saturated heterocycles. The molecule has 1 aromatic heterocycles. The molecule has 2 fully saturated rings. The zero-order valence-corrected chi connectivity index (χ0v) is 20.1. The average molecular weight is 465 g/mol. The Morgan fingerprint density at radius 2 is 1.91 bits per heavy atom. The van der Waals surface area contributed by atoms with Gasteiger partial charge in [-0.2, -0.15) is 0 Å². The zero-order chi connectivity index (χ0) is 22.6. The fourth-order valence-corrected chi connectivity index (χ4v) is 5.89. The normalized spacial score (nSPS) is 19.7. The van der Waals surface area contributed by atoms with E-state index in [2.05, 4.69) is 51.1 Å². The third-order valence-electron chi connectivity index (χ3n) is 6.63. The molecular weight excluding hydrogens is 432 g/mol. The lowest BCUT2D eigenvalue weighted by Gasteiger charge is -2.39. The molecule has 33 heavy (non-hydrogen) atoms. The molecule has 7 heteroatoms. The fraction of sp³-hybridized carbons (Fsp3) is 0.462. The topological polar surface area (TPSA) is 48.9 Å². The van der Waals surface area contributed by atoms with E-state index in [9.17, 15) is 4.79 Å². The number of hydrogen-bond acceptors (Lipinski definition) is 6. The highest BCUT2D eigenvalue weighted by Crippen LogP contribution is 2.34. The van der Waals surface area contributed by atoms with Crippen molar-refractivity contribution < 1.29 is 9.53 Å². The Balaban J connectivity index is 1.18. The first kappa shape index (κ1) is 22.2. The van der Waals surface area contributed by atoms with Gasteiger partial charge in [0.25, 0.3) is 0 Å². The van der Waals surface area contributed by atoms with Crippen LogP contribution in [0.5, 0.6) is 5.75 Å². The van der Waals surface area contributed by atoms with Crippen molar-refractivity contribution in [3.05, 3.63) is 54.1 Å². The summed E-state index contributed by atoms with van der Waals surface area (Å²) in [5.74, 6) is 1.27. The number of thiazole rings is 1. The van der Waals surface area contributed by atoms with Crippen molar-refractivity contribution in [3.63, 3.8) is 0 Å². The Hall–Kier alpha value is -2.64. The van der Waals surface area contributed by atoms with Crippen molar-refractivity contribution in [2.45, 2.75) is 26.3 Å². The summed E-state index contributed by atoms with van der Waals surface area (Å²) in [6, 6.07) is 16.7. The van der Waals surface area contributed by atoms with E-state index in [4.69, 9.17) is 9.72 Å². The number of carbonyl (C=O) groups excluding carboxylic acids is 1. The Kier molecular flexibility index (Phi) is 6.78. The second kappa shape index (κ2) is 10.1. The minimum absolute atomic E-state index is 0.0606. The lowest BCUT2D eigenvalue weighted by atomic mass is 9.96. The lowest BCUT2D eigenvalue weighted by molar-refractivity contribution is -0.137. The molecule has 0 N–H and O–H groups in total. The van der Waals surface area contributed by atoms with Crippen LogP contribution in [0, 0.1) is 5.92 Å². The van der Waals surface area contributed by atoms with Gasteiger partial charge in [0, 0.05) is 45.8 Å². The molecule has 6 nitrogen and oxygen atoms in total. The second-order valence-corrected chi connectivity index (χ2v) is 9.94. The van der Waals surface area contributed by atoms with Crippen LogP contribution in [0.2, 0.25) is 0 Å². The van der Waals surface area contributed by atoms with E-state index >= 15 is 0 Å². The molecule has 2 aromatic carbocycles. The third kappa shape index (κ3) is 5.14. The quantitative estimate of drug-likeness (QED) is 0.546. The highest BCUT2D eigenvalue weighted by Gasteiger charge is 2.32. The van der Waals surface area contributed by atoms with Gasteiger partial charge in [0.15, 0.2) is 5.13 Å². The fourth-order valence-electron chi connectivity index (χ4n) is 4.86. The maximum absolute atomic E-state index is 13.3. The van der Waals surface area contributed by atoms with Crippen LogP contribution < -0.4 is 9.64 Å². The summed E-state index contributed by atoms with van der Waals surface area (Å²) in [6.07, 6.45) is 2.00. The van der Waals surface area contributed by atoms with Crippen molar-refractivity contribution in [1.82, 2.24) is 14.8 Å². The molecule has 0 aliphatic carbocycles. The number of ether oxygens (including phenoxy) is 1. The minimum atomic E-state index is 0.0606. The maximum atomic E-state index is 13.3. The summed E-state index contributed by atoms with van der Waals surface area (Å²) in [4.78, 5) is 25.0. The molecular formula is C26H32N4O2S. The molecule has 0 spiro atoms. The number of anilines is 1. The average Bonchev–Trinajstić information content (AvgIpc) is 3.29. The molecule has 0 radical (unpaired) electrons. The Bertz CT molecular complexity index is 1080. The molecule has 5 rings (SSSR count). The zero-order valence-electron chi connectivity index (χ0n) is 19.3. The van der Waals surface area contributed by atoms with Gasteiger partial charge in [-0.3, -0.25) is 9.69 Å². The number of piperazine rings is 1. The monoisotopic (exact) mass is 464 g/mol. The van der Waals surface area contributed by atoms with Crippen molar-refractivity contribution in [2.75, 3.05) is 50.8 Å². The minimum Gasteiger partial charge on any atom is -0.494 e. The number of carbonyl (C=O) groups is 1. The smallest absolute Gasteiger partial charge is 0.227 e. The van der Waals surface area contributed by atoms with Crippen LogP contribution in [0.4, 0.5) is 5.13 Å². The van der Waals surface area contributed by atoms with Crippen LogP contribution in [0.1, 0.15) is 25.3 Å². The molecule has 1 atom stereocenters. The second-order valence-electron chi connectivity index (χ2n) is 8.93. The highest BCUT2D eigenvalue weighted by atomic mass is 32.1. The molecule has 1 amide bonds. The largest absolute Gasteiger partial charge is 0.494 e. The van der Waals surface area contributed by atoms with Crippen molar-refractivity contribution >= 4 is 32.6 Å². The number of benzene rings is 2. The molecule has 2 aliphatic heterocycles. The van der Waals surface area contributed by atoms with Crippen molar-refractivity contribution in [3.8, 4) is 5.75 Å². The SMILES string of the molecule is CCOc1ccc2nc(N3CCC[C@@H](C(=O)N4CCN(Cc5ccccc5)CC4)C3)sc2c1. The van der Waals surface area contributed by atoms with Crippen LogP contribution in [-0.4, -0.2) is 66.6 Å². The predicted octanol–water partition coefficient (Wildman–Crippen LogP) is 4.26. The maximum Gasteiger partial charge on any atom is 0.227 e. The molecule has 2 aliphatic rings. The molecule has 0 bridgehead atoms. The first-order valence-electron chi connectivity index (χ1n) is 12.0. The molecule has 3 heterocycles. The Labute approximate surface area is 199 Å². The van der Waals surface area contributed by atoms with Gasteiger partial charge in [-0.25, -0.2) is 4.98 Å². The Morgan fingerprint density at radius 1 is 1.09 bits per heavy atom. The molecule has 0 unspecified atom stereocenters. The van der Waals surface area contributed by atoms with E-state index in [1.54, 1.807) is 11.3 Å². The Morgan fingerprint density at radius 3 is 2.70 bits per heavy atom. The van der Waals surface area contributed by atoms with E-state index in [0.717, 1.165) is 79.8 Å². The molecule has 0 saturated carbocycles. The van der Waals surface area contributed by atoms with E-state index in [0.29, 0.717) is 12.5 Å². The van der Waals surface area contributed by atoms with E-state index in [1.165, 1.54) is 5.56 Å². The van der Waals surface area contributed by atoms with Crippen LogP contribution in [0.3, 0.4) is 0 Å². The van der Waals surface area contributed by atoms with Gasteiger partial charge in [0.2, 0.25) is 5.91 Å². The summed E-state index contributed by atoms with van der Waals surface area (Å²) < 4.78 is 6.77. The van der Waals surface area contributed by atoms with Crippen LogP contribution in [0.15, 0.2) is 48.5 Å². The van der Waals surface area contributed by atoms with E-state index in [-0.39, 0.29) is 5.92 Å². The van der Waals surface area contributed by atoms with Gasteiger partial charge in [-0.05, 0) is 43.5 Å². The third-order valence-corrected chi connectivity index (χ3v) is 7.71. The van der Waals surface area contributed by atoms with Gasteiger partial charge in [-0.1, -0.05) is 41.7 Å². The summed E-state index contributed by atoms with van der Waals surface area (Å²) in [7, 11) is 0. The van der Waals surface area contributed by atoms with Gasteiger partial charge >= 0.3 is 0 Å². The van der Waals surface area contributed by atoms with Crippen LogP contribution >= 0.6 is 11.3 Å². The summed E-state index contributed by atoms with van der Waals surface area (Å²) in [5, 5.41) is 1.02. The molecule has 174 valence electrons. The van der Waals surface area contributed by atoms with E-state index < -0.39 is 0 Å². The number of rotatable bonds is 6. The van der Waals surface area contributed by atoms with Crippen LogP contribution in [0.25, 0.3) is 10.2 Å². The summed E-state index contributed by atoms with van der Waals surface area (Å²) in [6.45, 7) is 8.88. The van der Waals surface area contributed by atoms with Gasteiger partial charge < -0.3 is 14.5 Å². The number of fused-ring (bicyclic) bond motifs is 1. The van der Waals surface area contributed by atoms with Gasteiger partial charge in [0.05, 0.1) is 22.7 Å². The number of nitrogens with zero attached hydrogens (tertiary/aromatic N) is 4. The number of piperidine rings is 1. The standard InChI is InChI=1S/C26H32N4O2S/c1-2-32-22-10-11-23-24(17-22)33-26(27-23)30-12-6-9-21(19-30)25(31)29-15-13-28(14-16-29)18-20-7-4-3-5-8-20/h3-5,7-8,10-11,17,21H,2,6,9,12-16,18-19H2,1H3/t21-/m1/s1. The molecule has 3 aromatic rings. The summed E-state index contributed by atoms with van der Waals surface area (Å²) >= 11 is 1.70. The van der Waals surface area contributed by atoms with E-state index in [1.807, 2.05) is 19.1 Å². The highest BCUT2D eigenvalue weighted by molar-refractivity contribution is 7.22. The number of hydrogen-bond donors (Lipinski definition) is 0. The summed E-state index contributed by atoms with van der Waals surface area (Å²) in [5.41, 5.74) is 2.34. The number of amides is 1. The predicted molar refractivity (Wildman–Crippen MR) is 134 cm³/mol. The first-order valence-corrected chi connectivity index (χ1v) is 12.8. The van der Waals surface area contributed by atoms with Crippen molar-refractivity contribution in [2.24, 2.45) is 5.92 Å². The first-order chi connectivity index (χ1) is 16.2. The lowest BCUT2D eigenvalue weighted by Crippen LogP contribution is -2.52. The van der Waals surface area contributed by atoms with Gasteiger partial charge in [0.1, 0.15) is 5.75 Å². The number of aromatic nitrogens is 1. The van der Waals surface area contributed by atoms with Gasteiger partial charge in [-0.15, -0.1) is 0 Å². The van der Waals surface area contributed by atoms with Crippen LogP contribution in [-0.2, 0) is 11.3 Å². The van der Waals surface area contributed by atoms with Crippen molar-refractivity contribution in [1.29, 1.82) is 0 Å².